The molecule has 0 aliphatic carbocycles. The Morgan fingerprint density at radius 1 is 1.21 bits per heavy atom. The molecule has 0 unspecified atom stereocenters. The maximum absolute atomic E-state index is 12.6. The lowest BCUT2D eigenvalue weighted by Gasteiger charge is -2.18. The van der Waals surface area contributed by atoms with E-state index in [1.54, 1.807) is 6.07 Å². The van der Waals surface area contributed by atoms with Gasteiger partial charge in [-0.15, -0.1) is 0 Å². The summed E-state index contributed by atoms with van der Waals surface area (Å²) < 4.78 is 42.0. The van der Waals surface area contributed by atoms with Crippen LogP contribution in [0.3, 0.4) is 0 Å². The SMILES string of the molecule is O=C(Nc1ccccc1OCC(F)(F)F)c1ccc(Cl)c(N2CCCC2=O)c1. The molecule has 1 saturated heterocycles. The van der Waals surface area contributed by atoms with E-state index >= 15 is 0 Å². The zero-order valence-corrected chi connectivity index (χ0v) is 15.3. The predicted octanol–water partition coefficient (Wildman–Crippen LogP) is 4.66. The van der Waals surface area contributed by atoms with Crippen LogP contribution in [0.1, 0.15) is 23.2 Å². The Bertz CT molecular complexity index is 902. The summed E-state index contributed by atoms with van der Waals surface area (Å²) in [5.41, 5.74) is 0.744. The molecule has 0 bridgehead atoms. The van der Waals surface area contributed by atoms with Crippen molar-refractivity contribution < 1.29 is 27.5 Å². The Labute approximate surface area is 164 Å². The molecule has 0 atom stereocenters. The van der Waals surface area contributed by atoms with Crippen molar-refractivity contribution in [3.05, 3.63) is 53.1 Å². The summed E-state index contributed by atoms with van der Waals surface area (Å²) in [4.78, 5) is 26.1. The van der Waals surface area contributed by atoms with Crippen molar-refractivity contribution >= 4 is 34.8 Å². The van der Waals surface area contributed by atoms with Gasteiger partial charge < -0.3 is 15.0 Å². The molecule has 2 amide bonds. The molecule has 2 aromatic carbocycles. The van der Waals surface area contributed by atoms with Crippen LogP contribution in [-0.2, 0) is 4.79 Å². The van der Waals surface area contributed by atoms with Gasteiger partial charge in [0.25, 0.3) is 5.91 Å². The maximum atomic E-state index is 12.6. The molecule has 28 heavy (non-hydrogen) atoms. The minimum atomic E-state index is -4.50. The smallest absolute Gasteiger partial charge is 0.422 e. The maximum Gasteiger partial charge on any atom is 0.422 e. The number of nitrogens with one attached hydrogen (secondary N) is 1. The number of halogens is 4. The normalized spacial score (nSPS) is 14.3. The Morgan fingerprint density at radius 3 is 2.64 bits per heavy atom. The van der Waals surface area contributed by atoms with E-state index in [4.69, 9.17) is 16.3 Å². The third-order valence-electron chi connectivity index (χ3n) is 4.10. The molecule has 3 rings (SSSR count). The van der Waals surface area contributed by atoms with Crippen LogP contribution in [0.4, 0.5) is 24.5 Å². The predicted molar refractivity (Wildman–Crippen MR) is 99.0 cm³/mol. The van der Waals surface area contributed by atoms with Gasteiger partial charge in [0.2, 0.25) is 5.91 Å². The van der Waals surface area contributed by atoms with E-state index < -0.39 is 18.7 Å². The highest BCUT2D eigenvalue weighted by atomic mass is 35.5. The first kappa shape index (κ1) is 20.0. The molecule has 5 nitrogen and oxygen atoms in total. The largest absolute Gasteiger partial charge is 0.482 e. The Kier molecular flexibility index (Phi) is 5.79. The first-order chi connectivity index (χ1) is 13.2. The van der Waals surface area contributed by atoms with E-state index in [0.29, 0.717) is 30.1 Å². The second-order valence-corrected chi connectivity index (χ2v) is 6.58. The summed E-state index contributed by atoms with van der Waals surface area (Å²) in [6, 6.07) is 10.3. The Morgan fingerprint density at radius 2 is 1.96 bits per heavy atom. The molecule has 9 heteroatoms. The van der Waals surface area contributed by atoms with Crippen molar-refractivity contribution in [3.63, 3.8) is 0 Å². The van der Waals surface area contributed by atoms with Crippen LogP contribution in [-0.4, -0.2) is 31.1 Å². The number of ether oxygens (including phenoxy) is 1. The summed E-state index contributed by atoms with van der Waals surface area (Å²) in [6.45, 7) is -0.959. The highest BCUT2D eigenvalue weighted by molar-refractivity contribution is 6.34. The van der Waals surface area contributed by atoms with Crippen LogP contribution in [0, 0.1) is 0 Å². The lowest BCUT2D eigenvalue weighted by atomic mass is 10.1. The second-order valence-electron chi connectivity index (χ2n) is 6.17. The molecule has 1 aliphatic rings. The van der Waals surface area contributed by atoms with Gasteiger partial charge in [0, 0.05) is 18.5 Å². The summed E-state index contributed by atoms with van der Waals surface area (Å²) in [5.74, 6) is -0.741. The molecule has 1 N–H and O–H groups in total. The van der Waals surface area contributed by atoms with Gasteiger partial charge in [0.15, 0.2) is 6.61 Å². The monoisotopic (exact) mass is 412 g/mol. The molecule has 1 aliphatic heterocycles. The fourth-order valence-electron chi connectivity index (χ4n) is 2.81. The fraction of sp³-hybridized carbons (Fsp3) is 0.263. The number of rotatable bonds is 5. The van der Waals surface area contributed by atoms with Gasteiger partial charge in [-0.05, 0) is 36.8 Å². The van der Waals surface area contributed by atoms with Crippen LogP contribution in [0.15, 0.2) is 42.5 Å². The Hall–Kier alpha value is -2.74. The van der Waals surface area contributed by atoms with Crippen molar-refractivity contribution in [2.24, 2.45) is 0 Å². The fourth-order valence-corrected chi connectivity index (χ4v) is 3.03. The third kappa shape index (κ3) is 4.75. The average Bonchev–Trinajstić information content (AvgIpc) is 3.06. The lowest BCUT2D eigenvalue weighted by Crippen LogP contribution is -2.24. The van der Waals surface area contributed by atoms with Crippen LogP contribution < -0.4 is 15.0 Å². The second kappa shape index (κ2) is 8.10. The molecule has 0 aromatic heterocycles. The number of para-hydroxylation sites is 2. The summed E-state index contributed by atoms with van der Waals surface area (Å²) in [5, 5.41) is 2.87. The first-order valence-electron chi connectivity index (χ1n) is 8.44. The van der Waals surface area contributed by atoms with Gasteiger partial charge in [-0.25, -0.2) is 0 Å². The van der Waals surface area contributed by atoms with E-state index in [9.17, 15) is 22.8 Å². The van der Waals surface area contributed by atoms with Crippen LogP contribution in [0.5, 0.6) is 5.75 Å². The van der Waals surface area contributed by atoms with Gasteiger partial charge in [0.05, 0.1) is 16.4 Å². The number of anilines is 2. The van der Waals surface area contributed by atoms with Gasteiger partial charge in [-0.2, -0.15) is 13.2 Å². The van der Waals surface area contributed by atoms with Crippen molar-refractivity contribution in [1.29, 1.82) is 0 Å². The molecular formula is C19H16ClF3N2O3. The average molecular weight is 413 g/mol. The number of carbonyl (C=O) groups excluding carboxylic acids is 2. The van der Waals surface area contributed by atoms with E-state index in [1.807, 2.05) is 0 Å². The number of hydrogen-bond acceptors (Lipinski definition) is 3. The van der Waals surface area contributed by atoms with Crippen molar-refractivity contribution in [1.82, 2.24) is 0 Å². The minimum absolute atomic E-state index is 0.0784. The number of nitrogens with zero attached hydrogens (tertiary/aromatic N) is 1. The topological polar surface area (TPSA) is 58.6 Å². The summed E-state index contributed by atoms with van der Waals surface area (Å²) in [7, 11) is 0. The Balaban J connectivity index is 1.80. The molecule has 1 heterocycles. The van der Waals surface area contributed by atoms with E-state index in [1.165, 1.54) is 41.3 Å². The molecule has 0 saturated carbocycles. The number of amides is 2. The minimum Gasteiger partial charge on any atom is -0.482 e. The molecule has 1 fully saturated rings. The van der Waals surface area contributed by atoms with Crippen LogP contribution in [0.2, 0.25) is 5.02 Å². The highest BCUT2D eigenvalue weighted by Crippen LogP contribution is 2.31. The standard InChI is InChI=1S/C19H16ClF3N2O3/c20-13-8-7-12(10-15(13)25-9-3-6-17(25)26)18(27)24-14-4-1-2-5-16(14)28-11-19(21,22)23/h1-2,4-5,7-8,10H,3,6,9,11H2,(H,24,27). The quantitative estimate of drug-likeness (QED) is 0.777. The third-order valence-corrected chi connectivity index (χ3v) is 4.42. The number of carbonyl (C=O) groups is 2. The van der Waals surface area contributed by atoms with Gasteiger partial charge in [-0.3, -0.25) is 9.59 Å². The van der Waals surface area contributed by atoms with Crippen molar-refractivity contribution in [2.75, 3.05) is 23.4 Å². The van der Waals surface area contributed by atoms with E-state index in [2.05, 4.69) is 5.32 Å². The highest BCUT2D eigenvalue weighted by Gasteiger charge is 2.29. The van der Waals surface area contributed by atoms with Gasteiger partial charge in [-0.1, -0.05) is 23.7 Å². The van der Waals surface area contributed by atoms with Crippen molar-refractivity contribution in [3.8, 4) is 5.75 Å². The molecule has 0 radical (unpaired) electrons. The van der Waals surface area contributed by atoms with E-state index in [-0.39, 0.29) is 22.9 Å². The number of alkyl halides is 3. The first-order valence-corrected chi connectivity index (χ1v) is 8.82. The zero-order chi connectivity index (χ0) is 20.3. The molecule has 148 valence electrons. The molecular weight excluding hydrogens is 397 g/mol. The molecule has 0 spiro atoms. The zero-order valence-electron chi connectivity index (χ0n) is 14.6. The number of hydrogen-bond donors (Lipinski definition) is 1. The van der Waals surface area contributed by atoms with E-state index in [0.717, 1.165) is 0 Å². The van der Waals surface area contributed by atoms with Gasteiger partial charge >= 0.3 is 6.18 Å². The summed E-state index contributed by atoms with van der Waals surface area (Å²) in [6.07, 6.45) is -3.38. The van der Waals surface area contributed by atoms with Crippen LogP contribution >= 0.6 is 11.6 Å². The lowest BCUT2D eigenvalue weighted by molar-refractivity contribution is -0.153. The van der Waals surface area contributed by atoms with Crippen LogP contribution in [0.25, 0.3) is 0 Å². The van der Waals surface area contributed by atoms with Crippen molar-refractivity contribution in [2.45, 2.75) is 19.0 Å². The molecule has 2 aromatic rings. The number of benzene rings is 2. The van der Waals surface area contributed by atoms with Gasteiger partial charge in [0.1, 0.15) is 5.75 Å². The summed E-state index contributed by atoms with van der Waals surface area (Å²) >= 11 is 6.16.